The van der Waals surface area contributed by atoms with Crippen molar-refractivity contribution in [2.75, 3.05) is 6.61 Å². The highest BCUT2D eigenvalue weighted by Crippen LogP contribution is 2.34. The Bertz CT molecular complexity index is 373. The van der Waals surface area contributed by atoms with Crippen LogP contribution < -0.4 is 10.5 Å². The molecule has 1 aromatic carbocycles. The molecule has 1 unspecified atom stereocenters. The summed E-state index contributed by atoms with van der Waals surface area (Å²) in [4.78, 5) is 0. The minimum Gasteiger partial charge on any atom is -0.493 e. The molecule has 3 rings (SSSR count). The lowest BCUT2D eigenvalue weighted by molar-refractivity contribution is 0.356. The zero-order valence-corrected chi connectivity index (χ0v) is 8.25. The molecular weight excluding hydrogens is 174 g/mol. The molecule has 74 valence electrons. The van der Waals surface area contributed by atoms with Crippen LogP contribution in [0, 0.1) is 0 Å². The smallest absolute Gasteiger partial charge is 0.122 e. The largest absolute Gasteiger partial charge is 0.493 e. The Morgan fingerprint density at radius 1 is 1.21 bits per heavy atom. The third-order valence-electron chi connectivity index (χ3n) is 3.34. The quantitative estimate of drug-likeness (QED) is 0.670. The van der Waals surface area contributed by atoms with Crippen LogP contribution in [0.5, 0.6) is 5.75 Å². The van der Waals surface area contributed by atoms with Gasteiger partial charge in [0, 0.05) is 18.0 Å². The average Bonchev–Trinajstić information content (AvgIpc) is 2.65. The van der Waals surface area contributed by atoms with E-state index in [0.717, 1.165) is 38.0 Å². The van der Waals surface area contributed by atoms with Crippen molar-refractivity contribution in [1.29, 1.82) is 0 Å². The highest BCUT2D eigenvalue weighted by atomic mass is 16.5. The van der Waals surface area contributed by atoms with Crippen molar-refractivity contribution in [1.82, 2.24) is 0 Å². The molecule has 14 heavy (non-hydrogen) atoms. The van der Waals surface area contributed by atoms with Crippen molar-refractivity contribution in [3.8, 4) is 5.75 Å². The molecule has 0 radical (unpaired) electrons. The molecule has 0 fully saturated rings. The van der Waals surface area contributed by atoms with E-state index in [0.29, 0.717) is 6.04 Å². The van der Waals surface area contributed by atoms with E-state index in [1.165, 1.54) is 16.7 Å². The highest BCUT2D eigenvalue weighted by molar-refractivity contribution is 5.48. The second-order valence-corrected chi connectivity index (χ2v) is 4.28. The predicted octanol–water partition coefficient (Wildman–Crippen LogP) is 1.44. The fraction of sp³-hybridized carbons (Fsp3) is 0.500. The summed E-state index contributed by atoms with van der Waals surface area (Å²) in [7, 11) is 0. The molecule has 1 aromatic rings. The number of ether oxygens (including phenoxy) is 1. The van der Waals surface area contributed by atoms with Gasteiger partial charge in [0.05, 0.1) is 6.61 Å². The SMILES string of the molecule is NC1CCc2c(ccc3c2CCO3)C1. The lowest BCUT2D eigenvalue weighted by atomic mass is 9.85. The summed E-state index contributed by atoms with van der Waals surface area (Å²) in [5.74, 6) is 1.11. The number of hydrogen-bond acceptors (Lipinski definition) is 2. The van der Waals surface area contributed by atoms with E-state index in [4.69, 9.17) is 10.5 Å². The Morgan fingerprint density at radius 3 is 3.07 bits per heavy atom. The molecule has 0 saturated heterocycles. The molecule has 1 aliphatic carbocycles. The van der Waals surface area contributed by atoms with Gasteiger partial charge in [0.15, 0.2) is 0 Å². The summed E-state index contributed by atoms with van der Waals surface area (Å²) in [6, 6.07) is 4.67. The normalized spacial score (nSPS) is 23.9. The Morgan fingerprint density at radius 2 is 2.14 bits per heavy atom. The van der Waals surface area contributed by atoms with Crippen LogP contribution in [-0.4, -0.2) is 12.6 Å². The van der Waals surface area contributed by atoms with Crippen molar-refractivity contribution in [3.05, 3.63) is 28.8 Å². The summed E-state index contributed by atoms with van der Waals surface area (Å²) < 4.78 is 5.56. The van der Waals surface area contributed by atoms with Gasteiger partial charge in [-0.05, 0) is 36.5 Å². The molecule has 2 N–H and O–H groups in total. The molecule has 0 amide bonds. The first kappa shape index (κ1) is 8.30. The summed E-state index contributed by atoms with van der Waals surface area (Å²) in [6.45, 7) is 0.859. The zero-order chi connectivity index (χ0) is 9.54. The van der Waals surface area contributed by atoms with Crippen molar-refractivity contribution >= 4 is 0 Å². The second kappa shape index (κ2) is 2.99. The molecular formula is C12H15NO. The van der Waals surface area contributed by atoms with Gasteiger partial charge in [0.2, 0.25) is 0 Å². The van der Waals surface area contributed by atoms with Crippen molar-refractivity contribution < 1.29 is 4.74 Å². The van der Waals surface area contributed by atoms with Gasteiger partial charge in [-0.3, -0.25) is 0 Å². The summed E-state index contributed by atoms with van der Waals surface area (Å²) in [5.41, 5.74) is 10.4. The van der Waals surface area contributed by atoms with Crippen LogP contribution in [0.3, 0.4) is 0 Å². The number of hydrogen-bond donors (Lipinski definition) is 1. The maximum Gasteiger partial charge on any atom is 0.122 e. The number of nitrogens with two attached hydrogens (primary N) is 1. The van der Waals surface area contributed by atoms with Crippen molar-refractivity contribution in [3.63, 3.8) is 0 Å². The molecule has 0 aromatic heterocycles. The predicted molar refractivity (Wildman–Crippen MR) is 55.6 cm³/mol. The van der Waals surface area contributed by atoms with Gasteiger partial charge in [-0.2, -0.15) is 0 Å². The fourth-order valence-corrected chi connectivity index (χ4v) is 2.61. The Hall–Kier alpha value is -1.02. The minimum atomic E-state index is 0.364. The van der Waals surface area contributed by atoms with Crippen LogP contribution in [0.1, 0.15) is 23.1 Å². The maximum absolute atomic E-state index is 5.96. The van der Waals surface area contributed by atoms with Crippen LogP contribution in [0.4, 0.5) is 0 Å². The Balaban J connectivity index is 2.10. The lowest BCUT2D eigenvalue weighted by Gasteiger charge is -2.23. The van der Waals surface area contributed by atoms with Crippen LogP contribution >= 0.6 is 0 Å². The van der Waals surface area contributed by atoms with Crippen LogP contribution in [-0.2, 0) is 19.3 Å². The monoisotopic (exact) mass is 189 g/mol. The van der Waals surface area contributed by atoms with E-state index >= 15 is 0 Å². The maximum atomic E-state index is 5.96. The molecule has 0 saturated carbocycles. The van der Waals surface area contributed by atoms with Gasteiger partial charge in [-0.15, -0.1) is 0 Å². The van der Waals surface area contributed by atoms with Gasteiger partial charge < -0.3 is 10.5 Å². The van der Waals surface area contributed by atoms with Crippen LogP contribution in [0.25, 0.3) is 0 Å². The van der Waals surface area contributed by atoms with E-state index in [2.05, 4.69) is 12.1 Å². The molecule has 2 aliphatic rings. The standard InChI is InChI=1S/C12H15NO/c13-9-2-3-10-8(7-9)1-4-12-11(10)5-6-14-12/h1,4,9H,2-3,5-7,13H2. The number of fused-ring (bicyclic) bond motifs is 3. The molecule has 1 heterocycles. The van der Waals surface area contributed by atoms with E-state index in [9.17, 15) is 0 Å². The highest BCUT2D eigenvalue weighted by Gasteiger charge is 2.23. The van der Waals surface area contributed by atoms with Crippen LogP contribution in [0.2, 0.25) is 0 Å². The molecule has 0 spiro atoms. The molecule has 0 bridgehead atoms. The lowest BCUT2D eigenvalue weighted by Crippen LogP contribution is -2.28. The Kier molecular flexibility index (Phi) is 1.77. The third kappa shape index (κ3) is 1.14. The zero-order valence-electron chi connectivity index (χ0n) is 8.25. The van der Waals surface area contributed by atoms with Gasteiger partial charge in [-0.25, -0.2) is 0 Å². The van der Waals surface area contributed by atoms with Gasteiger partial charge in [0.25, 0.3) is 0 Å². The average molecular weight is 189 g/mol. The molecule has 1 atom stereocenters. The summed E-state index contributed by atoms with van der Waals surface area (Å²) >= 11 is 0. The van der Waals surface area contributed by atoms with Crippen molar-refractivity contribution in [2.24, 2.45) is 5.73 Å². The van der Waals surface area contributed by atoms with E-state index in [1.807, 2.05) is 0 Å². The van der Waals surface area contributed by atoms with E-state index in [-0.39, 0.29) is 0 Å². The van der Waals surface area contributed by atoms with Crippen molar-refractivity contribution in [2.45, 2.75) is 31.7 Å². The first-order chi connectivity index (χ1) is 6.84. The van der Waals surface area contributed by atoms with Gasteiger partial charge in [-0.1, -0.05) is 6.07 Å². The van der Waals surface area contributed by atoms with E-state index < -0.39 is 0 Å². The van der Waals surface area contributed by atoms with E-state index in [1.54, 1.807) is 0 Å². The van der Waals surface area contributed by atoms with Gasteiger partial charge in [0.1, 0.15) is 5.75 Å². The summed E-state index contributed by atoms with van der Waals surface area (Å²) in [6.07, 6.45) is 4.41. The second-order valence-electron chi connectivity index (χ2n) is 4.28. The third-order valence-corrected chi connectivity index (χ3v) is 3.34. The van der Waals surface area contributed by atoms with Crippen LogP contribution in [0.15, 0.2) is 12.1 Å². The summed E-state index contributed by atoms with van der Waals surface area (Å²) in [5, 5.41) is 0. The number of benzene rings is 1. The first-order valence-electron chi connectivity index (χ1n) is 5.36. The van der Waals surface area contributed by atoms with Gasteiger partial charge >= 0.3 is 0 Å². The first-order valence-corrected chi connectivity index (χ1v) is 5.36. The fourth-order valence-electron chi connectivity index (χ4n) is 2.61. The molecule has 1 aliphatic heterocycles. The minimum absolute atomic E-state index is 0.364. The Labute approximate surface area is 84.1 Å². The number of rotatable bonds is 0. The molecule has 2 heteroatoms. The molecule has 2 nitrogen and oxygen atoms in total. The topological polar surface area (TPSA) is 35.2 Å².